The maximum Gasteiger partial charge on any atom is 0.0661 e. The number of hydrogen-bond donors (Lipinski definition) is 1. The molecular weight excluding hydrogens is 210 g/mol. The first-order chi connectivity index (χ1) is 7.27. The lowest BCUT2D eigenvalue weighted by atomic mass is 10.1. The molecule has 0 spiro atoms. The van der Waals surface area contributed by atoms with Gasteiger partial charge in [0.05, 0.1) is 12.6 Å². The second-order valence-corrected chi connectivity index (χ2v) is 3.91. The van der Waals surface area contributed by atoms with E-state index < -0.39 is 0 Å². The highest BCUT2D eigenvalue weighted by molar-refractivity contribution is 6.30. The summed E-state index contributed by atoms with van der Waals surface area (Å²) in [7, 11) is 1.93. The SMILES string of the molecule is CCCOCC(NC)c1cccc(Cl)c1. The molecule has 1 aromatic rings. The monoisotopic (exact) mass is 227 g/mol. The zero-order valence-corrected chi connectivity index (χ0v) is 10.1. The number of halogens is 1. The van der Waals surface area contributed by atoms with Gasteiger partial charge in [-0.05, 0) is 31.2 Å². The van der Waals surface area contributed by atoms with Crippen LogP contribution in [0.5, 0.6) is 0 Å². The molecule has 1 aromatic carbocycles. The van der Waals surface area contributed by atoms with Crippen molar-refractivity contribution in [2.75, 3.05) is 20.3 Å². The summed E-state index contributed by atoms with van der Waals surface area (Å²) in [5.74, 6) is 0. The van der Waals surface area contributed by atoms with Crippen molar-refractivity contribution in [1.82, 2.24) is 5.32 Å². The first kappa shape index (κ1) is 12.5. The Hall–Kier alpha value is -0.570. The lowest BCUT2D eigenvalue weighted by molar-refractivity contribution is 0.114. The van der Waals surface area contributed by atoms with Crippen LogP contribution >= 0.6 is 11.6 Å². The topological polar surface area (TPSA) is 21.3 Å². The van der Waals surface area contributed by atoms with Gasteiger partial charge in [-0.3, -0.25) is 0 Å². The molecule has 0 amide bonds. The third kappa shape index (κ3) is 4.20. The van der Waals surface area contributed by atoms with Crippen LogP contribution in [0.3, 0.4) is 0 Å². The van der Waals surface area contributed by atoms with Gasteiger partial charge in [0.1, 0.15) is 0 Å². The number of nitrogens with one attached hydrogen (secondary N) is 1. The Balaban J connectivity index is 2.57. The molecule has 1 unspecified atom stereocenters. The fourth-order valence-corrected chi connectivity index (χ4v) is 1.61. The van der Waals surface area contributed by atoms with Gasteiger partial charge in [0.25, 0.3) is 0 Å². The summed E-state index contributed by atoms with van der Waals surface area (Å²) in [5, 5.41) is 3.99. The summed E-state index contributed by atoms with van der Waals surface area (Å²) in [4.78, 5) is 0. The van der Waals surface area contributed by atoms with Gasteiger partial charge in [0.2, 0.25) is 0 Å². The molecule has 0 aromatic heterocycles. The van der Waals surface area contributed by atoms with Gasteiger partial charge >= 0.3 is 0 Å². The zero-order valence-electron chi connectivity index (χ0n) is 9.29. The van der Waals surface area contributed by atoms with E-state index in [1.165, 1.54) is 5.56 Å². The summed E-state index contributed by atoms with van der Waals surface area (Å²) < 4.78 is 5.52. The first-order valence-corrected chi connectivity index (χ1v) is 5.66. The van der Waals surface area contributed by atoms with Gasteiger partial charge in [-0.15, -0.1) is 0 Å². The summed E-state index contributed by atoms with van der Waals surface area (Å²) in [5.41, 5.74) is 1.17. The molecule has 0 heterocycles. The van der Waals surface area contributed by atoms with Gasteiger partial charge in [-0.1, -0.05) is 30.7 Å². The van der Waals surface area contributed by atoms with Crippen LogP contribution < -0.4 is 5.32 Å². The molecule has 1 N–H and O–H groups in total. The molecule has 1 atom stereocenters. The maximum absolute atomic E-state index is 5.94. The Morgan fingerprint density at radius 2 is 2.27 bits per heavy atom. The maximum atomic E-state index is 5.94. The minimum absolute atomic E-state index is 0.218. The molecule has 15 heavy (non-hydrogen) atoms. The van der Waals surface area contributed by atoms with Crippen LogP contribution in [0.25, 0.3) is 0 Å². The third-order valence-corrected chi connectivity index (χ3v) is 2.47. The first-order valence-electron chi connectivity index (χ1n) is 5.28. The molecule has 0 saturated heterocycles. The van der Waals surface area contributed by atoms with Crippen molar-refractivity contribution in [1.29, 1.82) is 0 Å². The van der Waals surface area contributed by atoms with Gasteiger partial charge in [-0.25, -0.2) is 0 Å². The third-order valence-electron chi connectivity index (χ3n) is 2.23. The van der Waals surface area contributed by atoms with Crippen molar-refractivity contribution < 1.29 is 4.74 Å². The van der Waals surface area contributed by atoms with Crippen LogP contribution in [-0.4, -0.2) is 20.3 Å². The summed E-state index contributed by atoms with van der Waals surface area (Å²) in [6, 6.07) is 8.09. The number of ether oxygens (including phenoxy) is 1. The highest BCUT2D eigenvalue weighted by atomic mass is 35.5. The summed E-state index contributed by atoms with van der Waals surface area (Å²) in [6.45, 7) is 3.59. The molecule has 0 aliphatic rings. The quantitative estimate of drug-likeness (QED) is 0.755. The van der Waals surface area contributed by atoms with Gasteiger partial charge in [0.15, 0.2) is 0 Å². The van der Waals surface area contributed by atoms with Crippen molar-refractivity contribution in [3.63, 3.8) is 0 Å². The minimum Gasteiger partial charge on any atom is -0.379 e. The lowest BCUT2D eigenvalue weighted by Crippen LogP contribution is -2.21. The molecule has 0 fully saturated rings. The van der Waals surface area contributed by atoms with Crippen LogP contribution in [0.1, 0.15) is 24.9 Å². The standard InChI is InChI=1S/C12H18ClNO/c1-3-7-15-9-12(14-2)10-5-4-6-11(13)8-10/h4-6,8,12,14H,3,7,9H2,1-2H3. The molecule has 0 aliphatic heterocycles. The average Bonchev–Trinajstić information content (AvgIpc) is 2.24. The van der Waals surface area contributed by atoms with Crippen LogP contribution in [0.15, 0.2) is 24.3 Å². The van der Waals surface area contributed by atoms with Crippen molar-refractivity contribution >= 4 is 11.6 Å². The van der Waals surface area contributed by atoms with E-state index in [1.54, 1.807) is 0 Å². The predicted octanol–water partition coefficient (Wildman–Crippen LogP) is 3.03. The van der Waals surface area contributed by atoms with Crippen LogP contribution in [-0.2, 0) is 4.74 Å². The highest BCUT2D eigenvalue weighted by Gasteiger charge is 2.08. The van der Waals surface area contributed by atoms with E-state index in [9.17, 15) is 0 Å². The van der Waals surface area contributed by atoms with Crippen LogP contribution in [0.2, 0.25) is 5.02 Å². The van der Waals surface area contributed by atoms with Crippen molar-refractivity contribution in [3.8, 4) is 0 Å². The van der Waals surface area contributed by atoms with E-state index >= 15 is 0 Å². The van der Waals surface area contributed by atoms with Crippen LogP contribution in [0.4, 0.5) is 0 Å². The number of likely N-dealkylation sites (N-methyl/N-ethyl adjacent to an activating group) is 1. The zero-order chi connectivity index (χ0) is 11.1. The number of benzene rings is 1. The summed E-state index contributed by atoms with van der Waals surface area (Å²) >= 11 is 5.94. The molecule has 3 heteroatoms. The minimum atomic E-state index is 0.218. The molecule has 2 nitrogen and oxygen atoms in total. The van der Waals surface area contributed by atoms with E-state index in [2.05, 4.69) is 18.3 Å². The van der Waals surface area contributed by atoms with Crippen molar-refractivity contribution in [2.45, 2.75) is 19.4 Å². The van der Waals surface area contributed by atoms with Gasteiger partial charge < -0.3 is 10.1 Å². The normalized spacial score (nSPS) is 12.7. The molecule has 0 bridgehead atoms. The lowest BCUT2D eigenvalue weighted by Gasteiger charge is -2.16. The Morgan fingerprint density at radius 3 is 2.87 bits per heavy atom. The number of hydrogen-bond acceptors (Lipinski definition) is 2. The summed E-state index contributed by atoms with van der Waals surface area (Å²) in [6.07, 6.45) is 1.05. The molecular formula is C12H18ClNO. The van der Waals surface area contributed by atoms with E-state index in [1.807, 2.05) is 25.2 Å². The van der Waals surface area contributed by atoms with E-state index in [4.69, 9.17) is 16.3 Å². The van der Waals surface area contributed by atoms with Gasteiger partial charge in [-0.2, -0.15) is 0 Å². The fourth-order valence-electron chi connectivity index (χ4n) is 1.42. The van der Waals surface area contributed by atoms with E-state index in [-0.39, 0.29) is 6.04 Å². The Morgan fingerprint density at radius 1 is 1.47 bits per heavy atom. The van der Waals surface area contributed by atoms with E-state index in [0.717, 1.165) is 18.1 Å². The van der Waals surface area contributed by atoms with Crippen LogP contribution in [0, 0.1) is 0 Å². The molecule has 0 radical (unpaired) electrons. The Kier molecular flexibility index (Phi) is 5.69. The second-order valence-electron chi connectivity index (χ2n) is 3.47. The molecule has 84 valence electrons. The molecule has 1 rings (SSSR count). The second kappa shape index (κ2) is 6.83. The predicted molar refractivity (Wildman–Crippen MR) is 64.4 cm³/mol. The number of rotatable bonds is 6. The smallest absolute Gasteiger partial charge is 0.0661 e. The van der Waals surface area contributed by atoms with E-state index in [0.29, 0.717) is 6.61 Å². The van der Waals surface area contributed by atoms with Gasteiger partial charge in [0, 0.05) is 11.6 Å². The Labute approximate surface area is 96.6 Å². The fraction of sp³-hybridized carbons (Fsp3) is 0.500. The highest BCUT2D eigenvalue weighted by Crippen LogP contribution is 2.17. The molecule has 0 aliphatic carbocycles. The van der Waals surface area contributed by atoms with Crippen molar-refractivity contribution in [3.05, 3.63) is 34.9 Å². The van der Waals surface area contributed by atoms with Crippen molar-refractivity contribution in [2.24, 2.45) is 0 Å². The molecule has 0 saturated carbocycles. The average molecular weight is 228 g/mol. The Bertz CT molecular complexity index is 291. The largest absolute Gasteiger partial charge is 0.379 e.